The second kappa shape index (κ2) is 13.6. The first-order valence-corrected chi connectivity index (χ1v) is 10.6. The molecule has 0 aromatic heterocycles. The fourth-order valence-electron chi connectivity index (χ4n) is 2.99. The van der Waals surface area contributed by atoms with Crippen LogP contribution in [0.4, 0.5) is 11.4 Å². The number of amides is 2. The van der Waals surface area contributed by atoms with Crippen LogP contribution in [-0.2, 0) is 19.2 Å². The van der Waals surface area contributed by atoms with Gasteiger partial charge in [-0.2, -0.15) is 0 Å². The lowest BCUT2D eigenvalue weighted by Crippen LogP contribution is -2.42. The minimum Gasteiger partial charge on any atom is -0.497 e. The molecule has 0 saturated carbocycles. The molecule has 13 nitrogen and oxygen atoms in total. The van der Waals surface area contributed by atoms with Crippen molar-refractivity contribution < 1.29 is 49.1 Å². The number of anilines is 2. The molecule has 0 spiro atoms. The van der Waals surface area contributed by atoms with Crippen molar-refractivity contribution in [3.8, 4) is 5.75 Å². The second-order valence-corrected chi connectivity index (χ2v) is 8.04. The van der Waals surface area contributed by atoms with Gasteiger partial charge in [0.2, 0.25) is 5.91 Å². The summed E-state index contributed by atoms with van der Waals surface area (Å²) < 4.78 is 5.19. The number of nitrogen functional groups attached to an aromatic ring is 1. The number of aliphatic hydroxyl groups is 1. The minimum atomic E-state index is -2.74. The molecule has 2 aromatic carbocycles. The number of benzene rings is 2. The summed E-state index contributed by atoms with van der Waals surface area (Å²) in [6.45, 7) is 0.0929. The van der Waals surface area contributed by atoms with Gasteiger partial charge in [0.15, 0.2) is 5.60 Å². The van der Waals surface area contributed by atoms with Gasteiger partial charge in [0.05, 0.1) is 37.7 Å². The van der Waals surface area contributed by atoms with Gasteiger partial charge in [-0.1, -0.05) is 18.2 Å². The molecule has 0 saturated heterocycles. The number of nitrogens with zero attached hydrogens (tertiary/aromatic N) is 2. The first-order valence-electron chi connectivity index (χ1n) is 10.6. The first kappa shape index (κ1) is 30.5. The highest BCUT2D eigenvalue weighted by molar-refractivity contribution is 6.23. The molecule has 13 heteroatoms. The smallest absolute Gasteiger partial charge is 0.336 e. The Hall–Kier alpha value is -4.49. The molecule has 37 heavy (non-hydrogen) atoms. The third-order valence-corrected chi connectivity index (χ3v) is 4.69. The normalized spacial score (nSPS) is 10.6. The van der Waals surface area contributed by atoms with E-state index < -0.39 is 42.3 Å². The molecular weight excluding hydrogens is 490 g/mol. The zero-order chi connectivity index (χ0) is 28.3. The number of rotatable bonds is 10. The summed E-state index contributed by atoms with van der Waals surface area (Å²) >= 11 is 0. The topological polar surface area (TPSA) is 208 Å². The predicted molar refractivity (Wildman–Crippen MR) is 131 cm³/mol. The average Bonchev–Trinajstić information content (AvgIpc) is 2.78. The average molecular weight is 520 g/mol. The highest BCUT2D eigenvalue weighted by atomic mass is 16.5. The van der Waals surface area contributed by atoms with E-state index in [1.165, 1.54) is 7.11 Å². The molecule has 0 aliphatic carbocycles. The van der Waals surface area contributed by atoms with E-state index in [4.69, 9.17) is 30.9 Å². The third-order valence-electron chi connectivity index (χ3n) is 4.69. The molecule has 200 valence electrons. The number of carbonyl (C=O) groups excluding carboxylic acids is 2. The lowest BCUT2D eigenvalue weighted by Gasteiger charge is -2.23. The maximum Gasteiger partial charge on any atom is 0.336 e. The Morgan fingerprint density at radius 2 is 1.49 bits per heavy atom. The van der Waals surface area contributed by atoms with Crippen molar-refractivity contribution in [2.24, 2.45) is 0 Å². The van der Waals surface area contributed by atoms with Crippen LogP contribution in [-0.4, -0.2) is 88.4 Å². The SMILES string of the molecule is COc1cccc(N(C(=O)CN(C)C)C(=O)c2ccccc2N)c1.O=C(O)CC(O)(CC(=O)O)C(=O)O. The summed E-state index contributed by atoms with van der Waals surface area (Å²) in [4.78, 5) is 58.9. The van der Waals surface area contributed by atoms with Crippen LogP contribution in [0.1, 0.15) is 23.2 Å². The van der Waals surface area contributed by atoms with Crippen molar-refractivity contribution in [2.45, 2.75) is 18.4 Å². The molecule has 0 heterocycles. The number of carboxylic acid groups (broad SMARTS) is 3. The van der Waals surface area contributed by atoms with Crippen LogP contribution >= 0.6 is 0 Å². The number of para-hydroxylation sites is 1. The largest absolute Gasteiger partial charge is 0.497 e. The Morgan fingerprint density at radius 1 is 0.919 bits per heavy atom. The number of methoxy groups -OCH3 is 1. The Balaban J connectivity index is 0.000000448. The fourth-order valence-corrected chi connectivity index (χ4v) is 2.99. The number of carboxylic acids is 3. The van der Waals surface area contributed by atoms with E-state index in [0.29, 0.717) is 17.1 Å². The maximum absolute atomic E-state index is 13.0. The zero-order valence-electron chi connectivity index (χ0n) is 20.5. The van der Waals surface area contributed by atoms with Crippen LogP contribution in [0.3, 0.4) is 0 Å². The highest BCUT2D eigenvalue weighted by Gasteiger charge is 2.40. The van der Waals surface area contributed by atoms with Gasteiger partial charge in [0.1, 0.15) is 5.75 Å². The number of hydrogen-bond donors (Lipinski definition) is 5. The molecule has 0 bridgehead atoms. The molecule has 0 atom stereocenters. The summed E-state index contributed by atoms with van der Waals surface area (Å²) in [5, 5.41) is 33.8. The number of nitrogens with two attached hydrogens (primary N) is 1. The van der Waals surface area contributed by atoms with Crippen LogP contribution in [0.2, 0.25) is 0 Å². The van der Waals surface area contributed by atoms with Crippen molar-refractivity contribution in [1.29, 1.82) is 0 Å². The van der Waals surface area contributed by atoms with Gasteiger partial charge in [-0.3, -0.25) is 19.2 Å². The van der Waals surface area contributed by atoms with Gasteiger partial charge in [0.25, 0.3) is 5.91 Å². The standard InChI is InChI=1S/C18H21N3O3.C6H8O7/c1-20(2)12-17(22)21(13-7-6-8-14(11-13)24-3)18(23)15-9-4-5-10-16(15)19;7-3(8)1-6(13,5(11)12)2-4(9)10/h4-11H,12,19H2,1-3H3;13H,1-2H2,(H,7,8)(H,9,10)(H,11,12). The number of hydrogen-bond acceptors (Lipinski definition) is 9. The summed E-state index contributed by atoms with van der Waals surface area (Å²) in [7, 11) is 5.06. The van der Waals surface area contributed by atoms with Crippen molar-refractivity contribution in [2.75, 3.05) is 38.4 Å². The van der Waals surface area contributed by atoms with Gasteiger partial charge >= 0.3 is 17.9 Å². The number of imide groups is 1. The molecule has 2 aromatic rings. The van der Waals surface area contributed by atoms with Gasteiger partial charge < -0.3 is 35.8 Å². The second-order valence-electron chi connectivity index (χ2n) is 8.04. The Morgan fingerprint density at radius 3 is 1.95 bits per heavy atom. The van der Waals surface area contributed by atoms with Crippen molar-refractivity contribution >= 4 is 41.1 Å². The van der Waals surface area contributed by atoms with E-state index >= 15 is 0 Å². The van der Waals surface area contributed by atoms with Crippen LogP contribution < -0.4 is 15.4 Å². The van der Waals surface area contributed by atoms with Gasteiger partial charge in [-0.05, 0) is 38.4 Å². The van der Waals surface area contributed by atoms with Gasteiger partial charge in [-0.25, -0.2) is 9.69 Å². The molecule has 2 amide bonds. The minimum absolute atomic E-state index is 0.0929. The third kappa shape index (κ3) is 9.23. The van der Waals surface area contributed by atoms with E-state index in [-0.39, 0.29) is 18.0 Å². The number of ether oxygens (including phenoxy) is 1. The number of aliphatic carboxylic acids is 3. The number of likely N-dealkylation sites (N-methyl/N-ethyl adjacent to an activating group) is 1. The molecule has 0 radical (unpaired) electrons. The Labute approximate surface area is 212 Å². The molecule has 0 aliphatic rings. The molecule has 0 unspecified atom stereocenters. The van der Waals surface area contributed by atoms with Gasteiger partial charge in [-0.15, -0.1) is 0 Å². The van der Waals surface area contributed by atoms with Crippen LogP contribution in [0.5, 0.6) is 5.75 Å². The van der Waals surface area contributed by atoms with Crippen molar-refractivity contribution in [3.05, 3.63) is 54.1 Å². The molecule has 2 rings (SSSR count). The van der Waals surface area contributed by atoms with Crippen LogP contribution in [0.25, 0.3) is 0 Å². The molecular formula is C24H29N3O10. The lowest BCUT2D eigenvalue weighted by molar-refractivity contribution is -0.170. The first-order chi connectivity index (χ1) is 17.2. The van der Waals surface area contributed by atoms with E-state index in [9.17, 15) is 24.0 Å². The van der Waals surface area contributed by atoms with E-state index in [2.05, 4.69) is 0 Å². The van der Waals surface area contributed by atoms with E-state index in [1.54, 1.807) is 67.5 Å². The monoisotopic (exact) mass is 519 g/mol. The van der Waals surface area contributed by atoms with Crippen LogP contribution in [0.15, 0.2) is 48.5 Å². The van der Waals surface area contributed by atoms with Crippen LogP contribution in [0, 0.1) is 0 Å². The van der Waals surface area contributed by atoms with E-state index in [0.717, 1.165) is 4.90 Å². The predicted octanol–water partition coefficient (Wildman–Crippen LogP) is 0.764. The quantitative estimate of drug-likeness (QED) is 0.276. The maximum atomic E-state index is 13.0. The van der Waals surface area contributed by atoms with E-state index in [1.807, 2.05) is 0 Å². The van der Waals surface area contributed by atoms with Crippen molar-refractivity contribution in [3.63, 3.8) is 0 Å². The van der Waals surface area contributed by atoms with Gasteiger partial charge in [0, 0.05) is 11.8 Å². The molecule has 0 fully saturated rings. The summed E-state index contributed by atoms with van der Waals surface area (Å²) in [6, 6.07) is 13.5. The van der Waals surface area contributed by atoms with Crippen molar-refractivity contribution in [1.82, 2.24) is 4.90 Å². The summed E-state index contributed by atoms with van der Waals surface area (Å²) in [5.74, 6) is -5.27. The lowest BCUT2D eigenvalue weighted by atomic mass is 9.96. The number of carbonyl (C=O) groups is 5. The molecule has 0 aliphatic heterocycles. The summed E-state index contributed by atoms with van der Waals surface area (Å²) in [6.07, 6.45) is -2.29. The zero-order valence-corrected chi connectivity index (χ0v) is 20.5. The highest BCUT2D eigenvalue weighted by Crippen LogP contribution is 2.24. The fraction of sp³-hybridized carbons (Fsp3) is 0.292. The molecule has 6 N–H and O–H groups in total. The Kier molecular flexibility index (Phi) is 11.2. The Bertz CT molecular complexity index is 1130. The summed E-state index contributed by atoms with van der Waals surface area (Å²) in [5.41, 5.74) is 4.21.